The van der Waals surface area contributed by atoms with Crippen LogP contribution in [-0.2, 0) is 0 Å². The molecule has 0 saturated carbocycles. The van der Waals surface area contributed by atoms with Crippen LogP contribution in [0.5, 0.6) is 0 Å². The lowest BCUT2D eigenvalue weighted by molar-refractivity contribution is 0.0952. The number of nitrogens with two attached hydrogens (primary N) is 1. The standard InChI is InChI=1S/C9H14N4O/c1-7(10)2-3-13-9(14)8-4-11-6-12-5-8/h4-7H,2-3,10H2,1H3,(H,13,14). The number of amides is 1. The molecule has 1 amide bonds. The van der Waals surface area contributed by atoms with Crippen molar-refractivity contribution in [1.82, 2.24) is 15.3 Å². The van der Waals surface area contributed by atoms with E-state index < -0.39 is 0 Å². The monoisotopic (exact) mass is 194 g/mol. The summed E-state index contributed by atoms with van der Waals surface area (Å²) in [4.78, 5) is 18.9. The maximum Gasteiger partial charge on any atom is 0.254 e. The van der Waals surface area contributed by atoms with Crippen molar-refractivity contribution in [2.24, 2.45) is 5.73 Å². The van der Waals surface area contributed by atoms with Gasteiger partial charge in [-0.3, -0.25) is 4.79 Å². The number of nitrogens with zero attached hydrogens (tertiary/aromatic N) is 2. The first-order chi connectivity index (χ1) is 6.70. The lowest BCUT2D eigenvalue weighted by Crippen LogP contribution is -2.29. The first kappa shape index (κ1) is 10.6. The van der Waals surface area contributed by atoms with Crippen molar-refractivity contribution < 1.29 is 4.79 Å². The fourth-order valence-corrected chi connectivity index (χ4v) is 0.932. The molecule has 0 aliphatic carbocycles. The molecule has 1 rings (SSSR count). The van der Waals surface area contributed by atoms with E-state index in [2.05, 4.69) is 15.3 Å². The highest BCUT2D eigenvalue weighted by Gasteiger charge is 2.04. The molecule has 0 radical (unpaired) electrons. The number of aromatic nitrogens is 2. The summed E-state index contributed by atoms with van der Waals surface area (Å²) in [7, 11) is 0. The Morgan fingerprint density at radius 1 is 1.57 bits per heavy atom. The van der Waals surface area contributed by atoms with Gasteiger partial charge in [0.15, 0.2) is 0 Å². The largest absolute Gasteiger partial charge is 0.352 e. The van der Waals surface area contributed by atoms with Crippen LogP contribution < -0.4 is 11.1 Å². The highest BCUT2D eigenvalue weighted by molar-refractivity contribution is 5.93. The third-order valence-electron chi connectivity index (χ3n) is 1.71. The number of rotatable bonds is 4. The lowest BCUT2D eigenvalue weighted by atomic mass is 10.2. The Hall–Kier alpha value is -1.49. The van der Waals surface area contributed by atoms with Crippen LogP contribution in [0.2, 0.25) is 0 Å². The molecule has 0 aliphatic rings. The van der Waals surface area contributed by atoms with Gasteiger partial charge in [0.2, 0.25) is 0 Å². The molecular formula is C9H14N4O. The fraction of sp³-hybridized carbons (Fsp3) is 0.444. The second-order valence-electron chi connectivity index (χ2n) is 3.15. The molecular weight excluding hydrogens is 180 g/mol. The van der Waals surface area contributed by atoms with E-state index in [1.165, 1.54) is 18.7 Å². The Labute approximate surface area is 82.7 Å². The Morgan fingerprint density at radius 3 is 2.79 bits per heavy atom. The number of carbonyl (C=O) groups is 1. The van der Waals surface area contributed by atoms with Crippen molar-refractivity contribution >= 4 is 5.91 Å². The van der Waals surface area contributed by atoms with Crippen LogP contribution in [0.4, 0.5) is 0 Å². The minimum atomic E-state index is -0.161. The molecule has 0 saturated heterocycles. The van der Waals surface area contributed by atoms with Crippen LogP contribution in [0.3, 0.4) is 0 Å². The van der Waals surface area contributed by atoms with E-state index in [-0.39, 0.29) is 11.9 Å². The van der Waals surface area contributed by atoms with Crippen molar-refractivity contribution in [3.05, 3.63) is 24.3 Å². The molecule has 0 spiro atoms. The van der Waals surface area contributed by atoms with Gasteiger partial charge >= 0.3 is 0 Å². The summed E-state index contributed by atoms with van der Waals surface area (Å²) in [6, 6.07) is 0.0994. The Morgan fingerprint density at radius 2 is 2.21 bits per heavy atom. The molecule has 0 fully saturated rings. The van der Waals surface area contributed by atoms with Gasteiger partial charge in [0, 0.05) is 25.0 Å². The summed E-state index contributed by atoms with van der Waals surface area (Å²) in [5, 5.41) is 2.73. The van der Waals surface area contributed by atoms with Crippen LogP contribution in [0.15, 0.2) is 18.7 Å². The van der Waals surface area contributed by atoms with Crippen LogP contribution in [0, 0.1) is 0 Å². The first-order valence-electron chi connectivity index (χ1n) is 4.49. The predicted octanol–water partition coefficient (Wildman–Crippen LogP) is -0.0563. The van der Waals surface area contributed by atoms with Crippen molar-refractivity contribution in [2.75, 3.05) is 6.54 Å². The Bertz CT molecular complexity index is 286. The van der Waals surface area contributed by atoms with Crippen molar-refractivity contribution in [3.63, 3.8) is 0 Å². The van der Waals surface area contributed by atoms with E-state index in [0.29, 0.717) is 12.1 Å². The third kappa shape index (κ3) is 3.49. The quantitative estimate of drug-likeness (QED) is 0.703. The van der Waals surface area contributed by atoms with Crippen LogP contribution in [0.25, 0.3) is 0 Å². The molecule has 5 heteroatoms. The average Bonchev–Trinajstić information content (AvgIpc) is 2.18. The van der Waals surface area contributed by atoms with Gasteiger partial charge in [0.05, 0.1) is 5.56 Å². The minimum Gasteiger partial charge on any atom is -0.352 e. The van der Waals surface area contributed by atoms with Gasteiger partial charge in [-0.25, -0.2) is 9.97 Å². The molecule has 1 aromatic rings. The second-order valence-corrected chi connectivity index (χ2v) is 3.15. The smallest absolute Gasteiger partial charge is 0.254 e. The first-order valence-corrected chi connectivity index (χ1v) is 4.49. The molecule has 14 heavy (non-hydrogen) atoms. The molecule has 0 aromatic carbocycles. The number of nitrogens with one attached hydrogen (secondary N) is 1. The van der Waals surface area contributed by atoms with E-state index in [4.69, 9.17) is 5.73 Å². The summed E-state index contributed by atoms with van der Waals surface area (Å²) in [6.45, 7) is 2.48. The number of hydrogen-bond donors (Lipinski definition) is 2. The van der Waals surface area contributed by atoms with Gasteiger partial charge in [-0.05, 0) is 13.3 Å². The molecule has 5 nitrogen and oxygen atoms in total. The zero-order valence-corrected chi connectivity index (χ0v) is 8.10. The number of carbonyl (C=O) groups excluding carboxylic acids is 1. The summed E-state index contributed by atoms with van der Waals surface area (Å²) in [5.74, 6) is -0.161. The predicted molar refractivity (Wildman–Crippen MR) is 52.6 cm³/mol. The summed E-state index contributed by atoms with van der Waals surface area (Å²) < 4.78 is 0. The van der Waals surface area contributed by atoms with Crippen LogP contribution in [0.1, 0.15) is 23.7 Å². The van der Waals surface area contributed by atoms with Gasteiger partial charge < -0.3 is 11.1 Å². The SMILES string of the molecule is CC(N)CCNC(=O)c1cncnc1. The van der Waals surface area contributed by atoms with E-state index >= 15 is 0 Å². The van der Waals surface area contributed by atoms with Crippen LogP contribution >= 0.6 is 0 Å². The minimum absolute atomic E-state index is 0.0994. The van der Waals surface area contributed by atoms with Crippen molar-refractivity contribution in [3.8, 4) is 0 Å². The van der Waals surface area contributed by atoms with Gasteiger partial charge in [0.1, 0.15) is 6.33 Å². The Balaban J connectivity index is 2.36. The van der Waals surface area contributed by atoms with E-state index in [1.54, 1.807) is 0 Å². The molecule has 76 valence electrons. The number of hydrogen-bond acceptors (Lipinski definition) is 4. The fourth-order valence-electron chi connectivity index (χ4n) is 0.932. The average molecular weight is 194 g/mol. The van der Waals surface area contributed by atoms with Gasteiger partial charge in [-0.15, -0.1) is 0 Å². The normalized spacial score (nSPS) is 12.1. The molecule has 1 atom stereocenters. The van der Waals surface area contributed by atoms with Gasteiger partial charge in [-0.1, -0.05) is 0 Å². The molecule has 3 N–H and O–H groups in total. The molecule has 1 unspecified atom stereocenters. The van der Waals surface area contributed by atoms with Gasteiger partial charge in [-0.2, -0.15) is 0 Å². The second kappa shape index (κ2) is 5.29. The topological polar surface area (TPSA) is 80.9 Å². The maximum atomic E-state index is 11.4. The Kier molecular flexibility index (Phi) is 4.00. The molecule has 0 aliphatic heterocycles. The van der Waals surface area contributed by atoms with Crippen molar-refractivity contribution in [1.29, 1.82) is 0 Å². The van der Waals surface area contributed by atoms with Crippen molar-refractivity contribution in [2.45, 2.75) is 19.4 Å². The molecule has 1 heterocycles. The zero-order valence-electron chi connectivity index (χ0n) is 8.10. The lowest BCUT2D eigenvalue weighted by Gasteiger charge is -2.06. The highest BCUT2D eigenvalue weighted by atomic mass is 16.1. The summed E-state index contributed by atoms with van der Waals surface area (Å²) in [5.41, 5.74) is 6.01. The summed E-state index contributed by atoms with van der Waals surface area (Å²) in [6.07, 6.45) is 5.11. The zero-order chi connectivity index (χ0) is 10.4. The van der Waals surface area contributed by atoms with Crippen LogP contribution in [-0.4, -0.2) is 28.5 Å². The van der Waals surface area contributed by atoms with E-state index in [0.717, 1.165) is 6.42 Å². The van der Waals surface area contributed by atoms with E-state index in [9.17, 15) is 4.79 Å². The molecule has 1 aromatic heterocycles. The highest BCUT2D eigenvalue weighted by Crippen LogP contribution is 1.92. The summed E-state index contributed by atoms with van der Waals surface area (Å²) >= 11 is 0. The van der Waals surface area contributed by atoms with Gasteiger partial charge in [0.25, 0.3) is 5.91 Å². The van der Waals surface area contributed by atoms with E-state index in [1.807, 2.05) is 6.92 Å². The maximum absolute atomic E-state index is 11.4. The third-order valence-corrected chi connectivity index (χ3v) is 1.71. The molecule has 0 bridgehead atoms.